The summed E-state index contributed by atoms with van der Waals surface area (Å²) in [6.45, 7) is 5.00. The molecule has 0 N–H and O–H groups in total. The van der Waals surface area contributed by atoms with Gasteiger partial charge in [-0.1, -0.05) is 62.7 Å². The lowest BCUT2D eigenvalue weighted by Gasteiger charge is -2.10. The second-order valence-corrected chi connectivity index (χ2v) is 9.05. The summed E-state index contributed by atoms with van der Waals surface area (Å²) in [7, 11) is 0. The third kappa shape index (κ3) is 6.71. The van der Waals surface area contributed by atoms with Gasteiger partial charge in [0.15, 0.2) is 23.2 Å². The van der Waals surface area contributed by atoms with Crippen LogP contribution in [0.25, 0.3) is 22.3 Å². The van der Waals surface area contributed by atoms with Crippen molar-refractivity contribution in [1.29, 1.82) is 0 Å². The molecule has 7 heteroatoms. The van der Waals surface area contributed by atoms with Crippen LogP contribution in [0.15, 0.2) is 67.0 Å². The molecule has 0 aliphatic heterocycles. The van der Waals surface area contributed by atoms with Crippen molar-refractivity contribution in [3.05, 3.63) is 95.6 Å². The fraction of sp³-hybridized carbons (Fsp3) is 0.290. The lowest BCUT2D eigenvalue weighted by molar-refractivity contribution is 0.292. The third-order valence-electron chi connectivity index (χ3n) is 6.19. The predicted octanol–water partition coefficient (Wildman–Crippen LogP) is 7.98. The zero-order valence-electron chi connectivity index (χ0n) is 21.6. The van der Waals surface area contributed by atoms with Crippen LogP contribution in [-0.2, 0) is 12.8 Å². The quantitative estimate of drug-likeness (QED) is 0.178. The van der Waals surface area contributed by atoms with Crippen LogP contribution in [0.2, 0.25) is 0 Å². The number of halogens is 3. The van der Waals surface area contributed by atoms with Gasteiger partial charge in [0.05, 0.1) is 13.2 Å². The van der Waals surface area contributed by atoms with Crippen LogP contribution in [0.1, 0.15) is 44.2 Å². The summed E-state index contributed by atoms with van der Waals surface area (Å²) in [6.07, 6.45) is 6.40. The molecule has 4 nitrogen and oxygen atoms in total. The van der Waals surface area contributed by atoms with Gasteiger partial charge in [-0.15, -0.1) is 0 Å². The van der Waals surface area contributed by atoms with Gasteiger partial charge in [-0.05, 0) is 60.1 Å². The number of hydrogen-bond donors (Lipinski definition) is 0. The van der Waals surface area contributed by atoms with E-state index in [0.717, 1.165) is 36.0 Å². The molecule has 1 aromatic heterocycles. The molecule has 0 fully saturated rings. The van der Waals surface area contributed by atoms with E-state index in [2.05, 4.69) is 16.9 Å². The minimum absolute atomic E-state index is 0.103. The summed E-state index contributed by atoms with van der Waals surface area (Å²) >= 11 is 0. The summed E-state index contributed by atoms with van der Waals surface area (Å²) in [5.41, 5.74) is 3.35. The van der Waals surface area contributed by atoms with E-state index in [1.54, 1.807) is 18.2 Å². The molecule has 0 atom stereocenters. The molecule has 0 saturated heterocycles. The predicted molar refractivity (Wildman–Crippen MR) is 143 cm³/mol. The maximum Gasteiger partial charge on any atom is 0.316 e. The molecular formula is C31H31F3N2O2. The van der Waals surface area contributed by atoms with Crippen molar-refractivity contribution < 1.29 is 22.6 Å². The molecule has 0 amide bonds. The molecule has 0 spiro atoms. The van der Waals surface area contributed by atoms with Crippen molar-refractivity contribution in [2.45, 2.75) is 46.0 Å². The highest BCUT2D eigenvalue weighted by Gasteiger charge is 2.16. The normalized spacial score (nSPS) is 11.0. The summed E-state index contributed by atoms with van der Waals surface area (Å²) < 4.78 is 55.0. The Kier molecular flexibility index (Phi) is 9.35. The highest BCUT2D eigenvalue weighted by atomic mass is 19.2. The fourth-order valence-electron chi connectivity index (χ4n) is 4.00. The first kappa shape index (κ1) is 27.2. The summed E-state index contributed by atoms with van der Waals surface area (Å²) in [5, 5.41) is 0. The zero-order chi connectivity index (χ0) is 26.9. The second-order valence-electron chi connectivity index (χ2n) is 9.05. The number of aryl methyl sites for hydroxylation is 2. The summed E-state index contributed by atoms with van der Waals surface area (Å²) in [6, 6.07) is 15.9. The monoisotopic (exact) mass is 520 g/mol. The molecular weight excluding hydrogens is 489 g/mol. The molecule has 3 aromatic carbocycles. The Bertz CT molecular complexity index is 1340. The Balaban J connectivity index is 1.39. The van der Waals surface area contributed by atoms with Crippen molar-refractivity contribution in [3.8, 4) is 34.0 Å². The zero-order valence-corrected chi connectivity index (χ0v) is 21.6. The number of rotatable bonds is 12. The summed E-state index contributed by atoms with van der Waals surface area (Å²) in [5.74, 6) is -1.93. The van der Waals surface area contributed by atoms with Gasteiger partial charge in [0.1, 0.15) is 0 Å². The molecule has 4 aromatic rings. The molecule has 0 bridgehead atoms. The van der Waals surface area contributed by atoms with Crippen LogP contribution in [-0.4, -0.2) is 23.2 Å². The third-order valence-corrected chi connectivity index (χ3v) is 6.19. The molecule has 0 unspecified atom stereocenters. The van der Waals surface area contributed by atoms with Gasteiger partial charge in [0.2, 0.25) is 0 Å². The number of aromatic nitrogens is 2. The van der Waals surface area contributed by atoms with Crippen LogP contribution in [0, 0.1) is 17.5 Å². The molecule has 0 aliphatic carbocycles. The van der Waals surface area contributed by atoms with Crippen LogP contribution < -0.4 is 9.47 Å². The topological polar surface area (TPSA) is 44.2 Å². The van der Waals surface area contributed by atoms with Crippen molar-refractivity contribution in [1.82, 2.24) is 9.97 Å². The standard InChI is InChI=1S/C31H31F3N2O2/c1-3-5-17-37-28-15-13-24(18-27(28)32)22-9-6-21(7-10-22)8-11-23-12-14-26(30(34)29(23)33)25-19-35-31(36-20-25)38-16-4-2/h6-7,9-10,12-15,18-20H,3-5,8,11,16-17H2,1-2H3. The smallest absolute Gasteiger partial charge is 0.316 e. The van der Waals surface area contributed by atoms with E-state index in [9.17, 15) is 13.2 Å². The Morgan fingerprint density at radius 3 is 2.11 bits per heavy atom. The first-order chi connectivity index (χ1) is 18.5. The van der Waals surface area contributed by atoms with E-state index in [1.807, 2.05) is 37.3 Å². The Hall–Kier alpha value is -3.87. The number of ether oxygens (including phenoxy) is 2. The Labute approximate surface area is 221 Å². The molecule has 4 rings (SSSR count). The minimum Gasteiger partial charge on any atom is -0.491 e. The highest BCUT2D eigenvalue weighted by molar-refractivity contribution is 5.65. The van der Waals surface area contributed by atoms with E-state index < -0.39 is 17.5 Å². The van der Waals surface area contributed by atoms with Crippen molar-refractivity contribution in [3.63, 3.8) is 0 Å². The first-order valence-corrected chi connectivity index (χ1v) is 12.9. The van der Waals surface area contributed by atoms with E-state index >= 15 is 0 Å². The average molecular weight is 521 g/mol. The second kappa shape index (κ2) is 13.1. The minimum atomic E-state index is -0.923. The molecule has 0 radical (unpaired) electrons. The number of nitrogens with zero attached hydrogens (tertiary/aromatic N) is 2. The van der Waals surface area contributed by atoms with Gasteiger partial charge in [-0.25, -0.2) is 23.1 Å². The van der Waals surface area contributed by atoms with E-state index in [0.29, 0.717) is 37.2 Å². The largest absolute Gasteiger partial charge is 0.491 e. The molecule has 38 heavy (non-hydrogen) atoms. The maximum absolute atomic E-state index is 14.9. The number of benzene rings is 3. The first-order valence-electron chi connectivity index (χ1n) is 12.9. The van der Waals surface area contributed by atoms with Crippen LogP contribution in [0.5, 0.6) is 11.8 Å². The lowest BCUT2D eigenvalue weighted by atomic mass is 9.98. The van der Waals surface area contributed by atoms with Crippen molar-refractivity contribution >= 4 is 0 Å². The van der Waals surface area contributed by atoms with E-state index in [-0.39, 0.29) is 17.3 Å². The van der Waals surface area contributed by atoms with Crippen LogP contribution >= 0.6 is 0 Å². The fourth-order valence-corrected chi connectivity index (χ4v) is 4.00. The van der Waals surface area contributed by atoms with Crippen LogP contribution in [0.4, 0.5) is 13.2 Å². The maximum atomic E-state index is 14.9. The van der Waals surface area contributed by atoms with Crippen molar-refractivity contribution in [2.24, 2.45) is 0 Å². The van der Waals surface area contributed by atoms with Gasteiger partial charge in [-0.3, -0.25) is 0 Å². The van der Waals surface area contributed by atoms with Gasteiger partial charge in [0, 0.05) is 23.5 Å². The van der Waals surface area contributed by atoms with Gasteiger partial charge >= 0.3 is 6.01 Å². The molecule has 1 heterocycles. The van der Waals surface area contributed by atoms with Crippen LogP contribution in [0.3, 0.4) is 0 Å². The number of unbranched alkanes of at least 4 members (excludes halogenated alkanes) is 1. The van der Waals surface area contributed by atoms with Gasteiger partial charge in [-0.2, -0.15) is 0 Å². The van der Waals surface area contributed by atoms with Gasteiger partial charge < -0.3 is 9.47 Å². The Morgan fingerprint density at radius 2 is 1.42 bits per heavy atom. The SMILES string of the molecule is CCCCOc1ccc(-c2ccc(CCc3ccc(-c4cnc(OCCC)nc4)c(F)c3F)cc2)cc1F. The molecule has 198 valence electrons. The summed E-state index contributed by atoms with van der Waals surface area (Å²) in [4.78, 5) is 8.13. The lowest BCUT2D eigenvalue weighted by Crippen LogP contribution is -2.02. The average Bonchev–Trinajstić information content (AvgIpc) is 2.94. The van der Waals surface area contributed by atoms with Crippen molar-refractivity contribution in [2.75, 3.05) is 13.2 Å². The Morgan fingerprint density at radius 1 is 0.684 bits per heavy atom. The molecule has 0 aliphatic rings. The van der Waals surface area contributed by atoms with Gasteiger partial charge in [0.25, 0.3) is 0 Å². The molecule has 0 saturated carbocycles. The number of hydrogen-bond acceptors (Lipinski definition) is 4. The van der Waals surface area contributed by atoms with E-state index in [4.69, 9.17) is 9.47 Å². The highest BCUT2D eigenvalue weighted by Crippen LogP contribution is 2.28. The van der Waals surface area contributed by atoms with E-state index in [1.165, 1.54) is 18.5 Å².